The fraction of sp³-hybridized carbons (Fsp3) is 0.333. The van der Waals surface area contributed by atoms with E-state index in [-0.39, 0.29) is 11.4 Å². The van der Waals surface area contributed by atoms with Crippen LogP contribution in [0.15, 0.2) is 24.3 Å². The molecule has 0 unspecified atom stereocenters. The Balaban J connectivity index is 2.15. The Morgan fingerprint density at radius 2 is 2.00 bits per heavy atom. The predicted octanol–water partition coefficient (Wildman–Crippen LogP) is 3.32. The van der Waals surface area contributed by atoms with Crippen molar-refractivity contribution in [3.8, 4) is 5.75 Å². The molecule has 0 aliphatic heterocycles. The first-order chi connectivity index (χ1) is 12.7. The summed E-state index contributed by atoms with van der Waals surface area (Å²) in [7, 11) is 0. The van der Waals surface area contributed by atoms with Gasteiger partial charge in [0.15, 0.2) is 0 Å². The van der Waals surface area contributed by atoms with E-state index in [4.69, 9.17) is 4.74 Å². The van der Waals surface area contributed by atoms with Crippen LogP contribution >= 0.6 is 0 Å². The lowest BCUT2D eigenvalue weighted by Gasteiger charge is -2.10. The lowest BCUT2D eigenvalue weighted by Crippen LogP contribution is -2.20. The first-order valence-electron chi connectivity index (χ1n) is 7.48. The summed E-state index contributed by atoms with van der Waals surface area (Å²) in [6, 6.07) is 4.20. The number of non-ortho nitro benzene ring substituents is 1. The number of carbonyl (C=O) groups is 1. The normalized spacial score (nSPS) is 11.1. The van der Waals surface area contributed by atoms with Crippen LogP contribution in [0, 0.1) is 17.0 Å². The van der Waals surface area contributed by atoms with Gasteiger partial charge in [-0.2, -0.15) is 5.10 Å². The Morgan fingerprint density at radius 3 is 2.56 bits per heavy atom. The van der Waals surface area contributed by atoms with Crippen molar-refractivity contribution in [2.75, 3.05) is 11.9 Å². The SMILES string of the molecule is Cc1cc(C(F)F)nn1CC(=O)Nc1cc(OCC(F)F)cc([N+](=O)[O-])c1. The Labute approximate surface area is 149 Å². The summed E-state index contributed by atoms with van der Waals surface area (Å²) < 4.78 is 55.5. The topological polar surface area (TPSA) is 99.3 Å². The minimum absolute atomic E-state index is 0.0719. The summed E-state index contributed by atoms with van der Waals surface area (Å²) in [4.78, 5) is 22.2. The summed E-state index contributed by atoms with van der Waals surface area (Å²) in [5.74, 6) is -0.933. The van der Waals surface area contributed by atoms with E-state index in [1.807, 2.05) is 0 Å². The van der Waals surface area contributed by atoms with Crippen LogP contribution < -0.4 is 10.1 Å². The second-order valence-corrected chi connectivity index (χ2v) is 5.39. The van der Waals surface area contributed by atoms with Gasteiger partial charge in [-0.25, -0.2) is 17.6 Å². The zero-order valence-corrected chi connectivity index (χ0v) is 13.9. The Bertz CT molecular complexity index is 841. The summed E-state index contributed by atoms with van der Waals surface area (Å²) in [6.45, 7) is 0.0850. The van der Waals surface area contributed by atoms with Gasteiger partial charge < -0.3 is 10.1 Å². The van der Waals surface area contributed by atoms with Crippen molar-refractivity contribution in [3.63, 3.8) is 0 Å². The van der Waals surface area contributed by atoms with Gasteiger partial charge in [0, 0.05) is 17.8 Å². The van der Waals surface area contributed by atoms with Crippen molar-refractivity contribution in [3.05, 3.63) is 45.8 Å². The minimum Gasteiger partial charge on any atom is -0.487 e. The number of nitro benzene ring substituents is 1. The number of nitrogens with zero attached hydrogens (tertiary/aromatic N) is 3. The van der Waals surface area contributed by atoms with Crippen LogP contribution in [0.1, 0.15) is 17.8 Å². The van der Waals surface area contributed by atoms with Gasteiger partial charge >= 0.3 is 0 Å². The molecule has 12 heteroatoms. The second kappa shape index (κ2) is 8.47. The molecule has 1 aromatic heterocycles. The number of benzene rings is 1. The van der Waals surface area contributed by atoms with E-state index in [1.165, 1.54) is 6.92 Å². The molecule has 8 nitrogen and oxygen atoms in total. The van der Waals surface area contributed by atoms with Crippen LogP contribution in [-0.4, -0.2) is 33.6 Å². The van der Waals surface area contributed by atoms with Crippen LogP contribution in [0.2, 0.25) is 0 Å². The van der Waals surface area contributed by atoms with Crippen molar-refractivity contribution in [2.45, 2.75) is 26.3 Å². The lowest BCUT2D eigenvalue weighted by molar-refractivity contribution is -0.384. The van der Waals surface area contributed by atoms with E-state index in [2.05, 4.69) is 10.4 Å². The summed E-state index contributed by atoms with van der Waals surface area (Å²) in [5, 5.41) is 16.8. The van der Waals surface area contributed by atoms with Crippen molar-refractivity contribution in [1.29, 1.82) is 0 Å². The highest BCUT2D eigenvalue weighted by Crippen LogP contribution is 2.26. The number of aryl methyl sites for hydroxylation is 1. The molecule has 146 valence electrons. The van der Waals surface area contributed by atoms with Crippen LogP contribution in [0.3, 0.4) is 0 Å². The molecule has 0 aliphatic rings. The van der Waals surface area contributed by atoms with Crippen LogP contribution in [-0.2, 0) is 11.3 Å². The number of carbonyl (C=O) groups excluding carboxylic acids is 1. The van der Waals surface area contributed by atoms with E-state index in [9.17, 15) is 32.5 Å². The number of amides is 1. The number of alkyl halides is 4. The van der Waals surface area contributed by atoms with E-state index >= 15 is 0 Å². The summed E-state index contributed by atoms with van der Waals surface area (Å²) >= 11 is 0. The van der Waals surface area contributed by atoms with E-state index in [1.54, 1.807) is 0 Å². The van der Waals surface area contributed by atoms with Crippen molar-refractivity contribution < 1.29 is 32.0 Å². The fourth-order valence-corrected chi connectivity index (χ4v) is 2.14. The van der Waals surface area contributed by atoms with Gasteiger partial charge in [0.2, 0.25) is 5.91 Å². The number of hydrogen-bond acceptors (Lipinski definition) is 5. The van der Waals surface area contributed by atoms with Crippen LogP contribution in [0.5, 0.6) is 5.75 Å². The van der Waals surface area contributed by atoms with Crippen molar-refractivity contribution in [2.24, 2.45) is 0 Å². The van der Waals surface area contributed by atoms with Gasteiger partial charge in [-0.3, -0.25) is 19.6 Å². The summed E-state index contributed by atoms with van der Waals surface area (Å²) in [5.41, 5.74) is -0.719. The number of halogens is 4. The molecule has 27 heavy (non-hydrogen) atoms. The van der Waals surface area contributed by atoms with E-state index in [0.29, 0.717) is 5.69 Å². The molecule has 0 aliphatic carbocycles. The van der Waals surface area contributed by atoms with Crippen LogP contribution in [0.4, 0.5) is 28.9 Å². The molecule has 0 atom stereocenters. The van der Waals surface area contributed by atoms with Crippen molar-refractivity contribution in [1.82, 2.24) is 9.78 Å². The molecule has 1 N–H and O–H groups in total. The Hall–Kier alpha value is -3.18. The molecule has 0 spiro atoms. The largest absolute Gasteiger partial charge is 0.487 e. The Morgan fingerprint density at radius 1 is 1.30 bits per heavy atom. The van der Waals surface area contributed by atoms with Gasteiger partial charge in [0.25, 0.3) is 18.5 Å². The molecule has 0 fully saturated rings. The number of nitro groups is 1. The zero-order valence-electron chi connectivity index (χ0n) is 13.9. The molecule has 0 saturated heterocycles. The number of hydrogen-bond donors (Lipinski definition) is 1. The second-order valence-electron chi connectivity index (χ2n) is 5.39. The monoisotopic (exact) mass is 390 g/mol. The number of anilines is 1. The molecule has 0 bridgehead atoms. The highest BCUT2D eigenvalue weighted by Gasteiger charge is 2.17. The highest BCUT2D eigenvalue weighted by molar-refractivity contribution is 5.91. The maximum atomic E-state index is 12.6. The molecule has 1 heterocycles. The third-order valence-corrected chi connectivity index (χ3v) is 3.28. The zero-order chi connectivity index (χ0) is 20.1. The van der Waals surface area contributed by atoms with Gasteiger partial charge in [0.05, 0.1) is 16.7 Å². The Kier molecular flexibility index (Phi) is 6.32. The number of ether oxygens (including phenoxy) is 1. The van der Waals surface area contributed by atoms with Gasteiger partial charge in [-0.15, -0.1) is 0 Å². The average Bonchev–Trinajstić information content (AvgIpc) is 2.93. The maximum absolute atomic E-state index is 12.6. The lowest BCUT2D eigenvalue weighted by atomic mass is 10.2. The third-order valence-electron chi connectivity index (χ3n) is 3.28. The number of nitrogens with one attached hydrogen (secondary N) is 1. The van der Waals surface area contributed by atoms with E-state index < -0.39 is 48.2 Å². The highest BCUT2D eigenvalue weighted by atomic mass is 19.3. The number of rotatable bonds is 8. The van der Waals surface area contributed by atoms with Crippen molar-refractivity contribution >= 4 is 17.3 Å². The predicted molar refractivity (Wildman–Crippen MR) is 85.1 cm³/mol. The minimum atomic E-state index is -2.79. The first kappa shape index (κ1) is 20.1. The van der Waals surface area contributed by atoms with Crippen LogP contribution in [0.25, 0.3) is 0 Å². The molecular weight excluding hydrogens is 376 g/mol. The molecule has 1 amide bonds. The quantitative estimate of drug-likeness (QED) is 0.424. The van der Waals surface area contributed by atoms with Gasteiger partial charge in [-0.1, -0.05) is 0 Å². The molecule has 2 aromatic rings. The summed E-state index contributed by atoms with van der Waals surface area (Å²) in [6.07, 6.45) is -5.58. The third kappa shape index (κ3) is 5.66. The molecule has 0 saturated carbocycles. The van der Waals surface area contributed by atoms with Gasteiger partial charge in [-0.05, 0) is 13.0 Å². The van der Waals surface area contributed by atoms with E-state index in [0.717, 1.165) is 28.9 Å². The molecule has 0 radical (unpaired) electrons. The fourth-order valence-electron chi connectivity index (χ4n) is 2.14. The van der Waals surface area contributed by atoms with Gasteiger partial charge in [0.1, 0.15) is 24.6 Å². The molecule has 2 rings (SSSR count). The standard InChI is InChI=1S/C15H14F4N4O4/c1-8-2-12(15(18)19)21-22(8)6-14(24)20-9-3-10(23(25)26)5-11(4-9)27-7-13(16)17/h2-5,13,15H,6-7H2,1H3,(H,20,24). The molecule has 1 aromatic carbocycles. The molecular formula is C15H14F4N4O4. The average molecular weight is 390 g/mol. The number of aromatic nitrogens is 2. The first-order valence-corrected chi connectivity index (χ1v) is 7.48. The maximum Gasteiger partial charge on any atom is 0.282 e. The smallest absolute Gasteiger partial charge is 0.282 e.